The second-order valence-electron chi connectivity index (χ2n) is 3.41. The second kappa shape index (κ2) is 9.53. The standard InChI is InChI=1S/C10H22N2O4/c1-14-7-9(16-3)6-12-10(13)4-8(5-11)15-2/h8-9H,4-7,11H2,1-3H3,(H,12,13). The highest BCUT2D eigenvalue weighted by atomic mass is 16.5. The van der Waals surface area contributed by atoms with Gasteiger partial charge in [-0.2, -0.15) is 0 Å². The maximum atomic E-state index is 11.5. The summed E-state index contributed by atoms with van der Waals surface area (Å²) in [5.41, 5.74) is 5.41. The van der Waals surface area contributed by atoms with Gasteiger partial charge in [-0.05, 0) is 0 Å². The highest BCUT2D eigenvalue weighted by Gasteiger charge is 2.13. The van der Waals surface area contributed by atoms with E-state index in [4.69, 9.17) is 19.9 Å². The van der Waals surface area contributed by atoms with Crippen LogP contribution in [0.3, 0.4) is 0 Å². The summed E-state index contributed by atoms with van der Waals surface area (Å²) in [6.07, 6.45) is -0.104. The predicted molar refractivity (Wildman–Crippen MR) is 60.2 cm³/mol. The molecule has 0 spiro atoms. The first kappa shape index (κ1) is 15.3. The highest BCUT2D eigenvalue weighted by Crippen LogP contribution is 1.95. The van der Waals surface area contributed by atoms with Crippen LogP contribution < -0.4 is 11.1 Å². The van der Waals surface area contributed by atoms with Crippen LogP contribution in [-0.4, -0.2) is 59.1 Å². The van der Waals surface area contributed by atoms with E-state index in [2.05, 4.69) is 5.32 Å². The molecule has 3 N–H and O–H groups in total. The smallest absolute Gasteiger partial charge is 0.222 e. The zero-order chi connectivity index (χ0) is 12.4. The van der Waals surface area contributed by atoms with Crippen molar-refractivity contribution in [1.29, 1.82) is 0 Å². The molecule has 6 nitrogen and oxygen atoms in total. The average Bonchev–Trinajstić information content (AvgIpc) is 2.31. The number of hydrogen-bond acceptors (Lipinski definition) is 5. The van der Waals surface area contributed by atoms with E-state index in [9.17, 15) is 4.79 Å². The van der Waals surface area contributed by atoms with E-state index in [-0.39, 0.29) is 24.5 Å². The molecule has 16 heavy (non-hydrogen) atoms. The number of ether oxygens (including phenoxy) is 3. The number of nitrogens with two attached hydrogens (primary N) is 1. The molecule has 0 radical (unpaired) electrons. The van der Waals surface area contributed by atoms with Gasteiger partial charge in [0.15, 0.2) is 0 Å². The van der Waals surface area contributed by atoms with Crippen LogP contribution in [0.1, 0.15) is 6.42 Å². The topological polar surface area (TPSA) is 82.8 Å². The molecule has 0 aromatic heterocycles. The lowest BCUT2D eigenvalue weighted by molar-refractivity contribution is -0.124. The molecular formula is C10H22N2O4. The fourth-order valence-electron chi connectivity index (χ4n) is 1.17. The van der Waals surface area contributed by atoms with Crippen molar-refractivity contribution in [2.45, 2.75) is 18.6 Å². The van der Waals surface area contributed by atoms with E-state index >= 15 is 0 Å². The Labute approximate surface area is 96.4 Å². The van der Waals surface area contributed by atoms with Crippen molar-refractivity contribution < 1.29 is 19.0 Å². The minimum absolute atomic E-state index is 0.101. The minimum Gasteiger partial charge on any atom is -0.382 e. The third-order valence-electron chi connectivity index (χ3n) is 2.22. The summed E-state index contributed by atoms with van der Waals surface area (Å²) in [7, 11) is 4.70. The van der Waals surface area contributed by atoms with Crippen molar-refractivity contribution in [3.63, 3.8) is 0 Å². The summed E-state index contributed by atoms with van der Waals surface area (Å²) >= 11 is 0. The Morgan fingerprint density at radius 2 is 1.88 bits per heavy atom. The Hall–Kier alpha value is -0.690. The Kier molecular flexibility index (Phi) is 9.12. The zero-order valence-corrected chi connectivity index (χ0v) is 10.2. The van der Waals surface area contributed by atoms with Gasteiger partial charge in [0, 0.05) is 34.4 Å². The van der Waals surface area contributed by atoms with Gasteiger partial charge in [-0.1, -0.05) is 0 Å². The molecule has 0 bridgehead atoms. The molecule has 0 saturated heterocycles. The molecule has 0 aliphatic rings. The Bertz CT molecular complexity index is 186. The van der Waals surface area contributed by atoms with Gasteiger partial charge in [-0.3, -0.25) is 4.79 Å². The van der Waals surface area contributed by atoms with Crippen molar-refractivity contribution in [1.82, 2.24) is 5.32 Å². The molecule has 1 amide bonds. The van der Waals surface area contributed by atoms with Gasteiger partial charge < -0.3 is 25.3 Å². The molecule has 0 aliphatic heterocycles. The fourth-order valence-corrected chi connectivity index (χ4v) is 1.17. The maximum absolute atomic E-state index is 11.5. The molecule has 96 valence electrons. The van der Waals surface area contributed by atoms with Crippen molar-refractivity contribution >= 4 is 5.91 Å². The fraction of sp³-hybridized carbons (Fsp3) is 0.900. The summed E-state index contributed by atoms with van der Waals surface area (Å²) in [5.74, 6) is -0.101. The maximum Gasteiger partial charge on any atom is 0.222 e. The third-order valence-corrected chi connectivity index (χ3v) is 2.22. The number of amides is 1. The summed E-state index contributed by atoms with van der Waals surface area (Å²) in [4.78, 5) is 11.5. The normalized spacial score (nSPS) is 14.5. The zero-order valence-electron chi connectivity index (χ0n) is 10.2. The van der Waals surface area contributed by atoms with Crippen LogP contribution in [0.25, 0.3) is 0 Å². The van der Waals surface area contributed by atoms with Gasteiger partial charge in [0.05, 0.1) is 25.2 Å². The van der Waals surface area contributed by atoms with E-state index in [1.165, 1.54) is 7.11 Å². The number of rotatable bonds is 9. The van der Waals surface area contributed by atoms with E-state index in [0.29, 0.717) is 19.7 Å². The molecule has 0 aromatic carbocycles. The van der Waals surface area contributed by atoms with Gasteiger partial charge in [0.2, 0.25) is 5.91 Å². The molecular weight excluding hydrogens is 212 g/mol. The Morgan fingerprint density at radius 3 is 2.31 bits per heavy atom. The van der Waals surface area contributed by atoms with Crippen LogP contribution in [0.15, 0.2) is 0 Å². The van der Waals surface area contributed by atoms with Crippen molar-refractivity contribution in [3.8, 4) is 0 Å². The lowest BCUT2D eigenvalue weighted by Crippen LogP contribution is -2.38. The van der Waals surface area contributed by atoms with Crippen LogP contribution >= 0.6 is 0 Å². The van der Waals surface area contributed by atoms with Crippen LogP contribution in [0.2, 0.25) is 0 Å². The van der Waals surface area contributed by atoms with Crippen LogP contribution in [-0.2, 0) is 19.0 Å². The van der Waals surface area contributed by atoms with Crippen LogP contribution in [0.5, 0.6) is 0 Å². The van der Waals surface area contributed by atoms with Crippen molar-refractivity contribution in [3.05, 3.63) is 0 Å². The van der Waals surface area contributed by atoms with Crippen molar-refractivity contribution in [2.24, 2.45) is 5.73 Å². The number of nitrogens with one attached hydrogen (secondary N) is 1. The average molecular weight is 234 g/mol. The molecule has 0 aliphatic carbocycles. The summed E-state index contributed by atoms with van der Waals surface area (Å²) < 4.78 is 15.0. The van der Waals surface area contributed by atoms with E-state index in [1.807, 2.05) is 0 Å². The molecule has 0 fully saturated rings. The number of carbonyl (C=O) groups excluding carboxylic acids is 1. The van der Waals surface area contributed by atoms with Crippen LogP contribution in [0, 0.1) is 0 Å². The molecule has 0 heterocycles. The Balaban J connectivity index is 3.78. The quantitative estimate of drug-likeness (QED) is 0.542. The predicted octanol–water partition coefficient (Wildman–Crippen LogP) is -0.872. The van der Waals surface area contributed by atoms with E-state index < -0.39 is 0 Å². The minimum atomic E-state index is -0.233. The third kappa shape index (κ3) is 6.73. The molecule has 0 saturated carbocycles. The number of hydrogen-bond donors (Lipinski definition) is 2. The molecule has 6 heteroatoms. The second-order valence-corrected chi connectivity index (χ2v) is 3.41. The lowest BCUT2D eigenvalue weighted by Gasteiger charge is -2.16. The lowest BCUT2D eigenvalue weighted by atomic mass is 10.2. The monoisotopic (exact) mass is 234 g/mol. The van der Waals surface area contributed by atoms with Crippen LogP contribution in [0.4, 0.5) is 0 Å². The SMILES string of the molecule is COCC(CNC(=O)CC(CN)OC)OC. The first-order valence-corrected chi connectivity index (χ1v) is 5.19. The van der Waals surface area contributed by atoms with E-state index in [0.717, 1.165) is 0 Å². The first-order chi connectivity index (χ1) is 7.67. The summed E-state index contributed by atoms with van der Waals surface area (Å²) in [6, 6.07) is 0. The van der Waals surface area contributed by atoms with E-state index in [1.54, 1.807) is 14.2 Å². The summed E-state index contributed by atoms with van der Waals surface area (Å²) in [6.45, 7) is 1.20. The largest absolute Gasteiger partial charge is 0.382 e. The van der Waals surface area contributed by atoms with Gasteiger partial charge in [-0.15, -0.1) is 0 Å². The molecule has 0 rings (SSSR count). The van der Waals surface area contributed by atoms with Gasteiger partial charge in [0.25, 0.3) is 0 Å². The van der Waals surface area contributed by atoms with Gasteiger partial charge in [0.1, 0.15) is 0 Å². The highest BCUT2D eigenvalue weighted by molar-refractivity contribution is 5.76. The van der Waals surface area contributed by atoms with Gasteiger partial charge >= 0.3 is 0 Å². The van der Waals surface area contributed by atoms with Crippen molar-refractivity contribution in [2.75, 3.05) is 41.0 Å². The number of carbonyl (C=O) groups is 1. The van der Waals surface area contributed by atoms with Gasteiger partial charge in [-0.25, -0.2) is 0 Å². The number of methoxy groups -OCH3 is 3. The Morgan fingerprint density at radius 1 is 1.25 bits per heavy atom. The molecule has 0 aromatic rings. The summed E-state index contributed by atoms with van der Waals surface area (Å²) in [5, 5.41) is 2.74. The first-order valence-electron chi connectivity index (χ1n) is 5.19. The molecule has 2 atom stereocenters. The molecule has 2 unspecified atom stereocenters.